The molecule has 2 atom stereocenters. The van der Waals surface area contributed by atoms with Crippen LogP contribution in [-0.4, -0.2) is 32.3 Å². The van der Waals surface area contributed by atoms with Crippen molar-refractivity contribution in [3.63, 3.8) is 0 Å². The van der Waals surface area contributed by atoms with Gasteiger partial charge in [0.1, 0.15) is 5.75 Å². The molecule has 1 aromatic carbocycles. The molecule has 0 bridgehead atoms. The molecule has 110 valence electrons. The fraction of sp³-hybridized carbons (Fsp3) is 0.625. The number of halogens is 1. The van der Waals surface area contributed by atoms with Gasteiger partial charge in [-0.3, -0.25) is 0 Å². The van der Waals surface area contributed by atoms with Crippen LogP contribution in [0.1, 0.15) is 26.2 Å². The van der Waals surface area contributed by atoms with E-state index in [1.165, 1.54) is 18.5 Å². The van der Waals surface area contributed by atoms with Crippen molar-refractivity contribution in [2.24, 2.45) is 5.92 Å². The summed E-state index contributed by atoms with van der Waals surface area (Å²) >= 11 is 3.71. The lowest BCUT2D eigenvalue weighted by atomic mass is 10.0. The Labute approximate surface area is 129 Å². The van der Waals surface area contributed by atoms with E-state index in [4.69, 9.17) is 4.74 Å². The highest BCUT2D eigenvalue weighted by atomic mass is 79.9. The summed E-state index contributed by atoms with van der Waals surface area (Å²) in [4.78, 5) is 2.56. The lowest BCUT2D eigenvalue weighted by Crippen LogP contribution is -2.57. The first kappa shape index (κ1) is 14.2. The Morgan fingerprint density at radius 3 is 2.85 bits per heavy atom. The quantitative estimate of drug-likeness (QED) is 0.910. The maximum atomic E-state index is 5.39. The fourth-order valence-electron chi connectivity index (χ4n) is 3.14. The second-order valence-electron chi connectivity index (χ2n) is 5.88. The van der Waals surface area contributed by atoms with Crippen molar-refractivity contribution >= 4 is 21.6 Å². The molecular weight excluding hydrogens is 316 g/mol. The van der Waals surface area contributed by atoms with E-state index < -0.39 is 0 Å². The van der Waals surface area contributed by atoms with Crippen LogP contribution < -0.4 is 15.0 Å². The van der Waals surface area contributed by atoms with Crippen molar-refractivity contribution < 1.29 is 4.74 Å². The zero-order valence-corrected chi connectivity index (χ0v) is 13.8. The van der Waals surface area contributed by atoms with Crippen molar-refractivity contribution in [2.75, 3.05) is 25.1 Å². The maximum Gasteiger partial charge on any atom is 0.121 e. The molecule has 0 amide bonds. The van der Waals surface area contributed by atoms with Gasteiger partial charge >= 0.3 is 0 Å². The Morgan fingerprint density at radius 1 is 1.40 bits per heavy atom. The van der Waals surface area contributed by atoms with Crippen LogP contribution in [0, 0.1) is 5.92 Å². The zero-order chi connectivity index (χ0) is 14.1. The van der Waals surface area contributed by atoms with Crippen molar-refractivity contribution in [3.8, 4) is 5.75 Å². The third-order valence-electron chi connectivity index (χ3n) is 4.57. The minimum Gasteiger partial charge on any atom is -0.497 e. The van der Waals surface area contributed by atoms with E-state index >= 15 is 0 Å². The minimum absolute atomic E-state index is 0.563. The van der Waals surface area contributed by atoms with E-state index in [1.807, 2.05) is 6.07 Å². The van der Waals surface area contributed by atoms with E-state index in [1.54, 1.807) is 7.11 Å². The van der Waals surface area contributed by atoms with Gasteiger partial charge in [0.2, 0.25) is 0 Å². The molecule has 20 heavy (non-hydrogen) atoms. The van der Waals surface area contributed by atoms with Crippen LogP contribution in [0.5, 0.6) is 5.75 Å². The van der Waals surface area contributed by atoms with E-state index in [0.29, 0.717) is 12.1 Å². The van der Waals surface area contributed by atoms with Gasteiger partial charge in [-0.25, -0.2) is 0 Å². The molecule has 1 aliphatic heterocycles. The number of hydrogen-bond acceptors (Lipinski definition) is 3. The summed E-state index contributed by atoms with van der Waals surface area (Å²) in [7, 11) is 1.73. The standard InChI is InChI=1S/C16H23BrN2O/c1-3-12-9-18-15(11-4-5-11)10-19(12)16-8-13(20-2)6-7-14(16)17/h6-8,11-12,15,18H,3-5,9-10H2,1-2H3. The van der Waals surface area contributed by atoms with Crippen LogP contribution >= 0.6 is 15.9 Å². The average Bonchev–Trinajstić information content (AvgIpc) is 3.32. The van der Waals surface area contributed by atoms with Gasteiger partial charge in [-0.1, -0.05) is 6.92 Å². The monoisotopic (exact) mass is 338 g/mol. The number of nitrogens with one attached hydrogen (secondary N) is 1. The predicted molar refractivity (Wildman–Crippen MR) is 86.6 cm³/mol. The first-order valence-electron chi connectivity index (χ1n) is 7.56. The van der Waals surface area contributed by atoms with E-state index in [0.717, 1.165) is 35.7 Å². The Bertz CT molecular complexity index is 476. The molecule has 1 heterocycles. The largest absolute Gasteiger partial charge is 0.497 e. The first-order valence-corrected chi connectivity index (χ1v) is 8.35. The summed E-state index contributed by atoms with van der Waals surface area (Å²) in [5.41, 5.74) is 1.27. The number of hydrogen-bond donors (Lipinski definition) is 1. The number of piperazine rings is 1. The molecule has 1 saturated carbocycles. The Hall–Kier alpha value is -0.740. The Kier molecular flexibility index (Phi) is 4.22. The summed E-state index contributed by atoms with van der Waals surface area (Å²) in [5, 5.41) is 3.74. The van der Waals surface area contributed by atoms with Crippen LogP contribution in [-0.2, 0) is 0 Å². The molecule has 1 saturated heterocycles. The van der Waals surface area contributed by atoms with Crippen molar-refractivity contribution in [1.82, 2.24) is 5.32 Å². The molecule has 4 heteroatoms. The Morgan fingerprint density at radius 2 is 2.20 bits per heavy atom. The second kappa shape index (κ2) is 5.94. The fourth-order valence-corrected chi connectivity index (χ4v) is 3.61. The van der Waals surface area contributed by atoms with Crippen LogP contribution in [0.25, 0.3) is 0 Å². The molecular formula is C16H23BrN2O. The number of ether oxygens (including phenoxy) is 1. The molecule has 2 aliphatic rings. The van der Waals surface area contributed by atoms with Gasteiger partial charge in [0.15, 0.2) is 0 Å². The summed E-state index contributed by atoms with van der Waals surface area (Å²) in [6, 6.07) is 7.47. The Balaban J connectivity index is 1.87. The second-order valence-corrected chi connectivity index (χ2v) is 6.74. The molecule has 0 spiro atoms. The molecule has 3 nitrogen and oxygen atoms in total. The lowest BCUT2D eigenvalue weighted by molar-refractivity contribution is 0.358. The van der Waals surface area contributed by atoms with Crippen molar-refractivity contribution in [2.45, 2.75) is 38.3 Å². The third kappa shape index (κ3) is 2.82. The van der Waals surface area contributed by atoms with E-state index in [2.05, 4.69) is 45.2 Å². The van der Waals surface area contributed by atoms with Gasteiger partial charge in [-0.15, -0.1) is 0 Å². The highest BCUT2D eigenvalue weighted by Crippen LogP contribution is 2.38. The van der Waals surface area contributed by atoms with Crippen LogP contribution in [0.4, 0.5) is 5.69 Å². The normalized spacial score (nSPS) is 26.6. The molecule has 2 unspecified atom stereocenters. The number of nitrogens with zero attached hydrogens (tertiary/aromatic N) is 1. The van der Waals surface area contributed by atoms with Gasteiger partial charge < -0.3 is 15.0 Å². The predicted octanol–water partition coefficient (Wildman–Crippen LogP) is 3.42. The van der Waals surface area contributed by atoms with E-state index in [9.17, 15) is 0 Å². The molecule has 2 fully saturated rings. The number of methoxy groups -OCH3 is 1. The smallest absolute Gasteiger partial charge is 0.121 e. The molecule has 1 N–H and O–H groups in total. The first-order chi connectivity index (χ1) is 9.72. The van der Waals surface area contributed by atoms with Crippen molar-refractivity contribution in [3.05, 3.63) is 22.7 Å². The topological polar surface area (TPSA) is 24.5 Å². The number of anilines is 1. The minimum atomic E-state index is 0.563. The molecule has 1 aromatic rings. The van der Waals surface area contributed by atoms with Gasteiger partial charge in [0.05, 0.1) is 12.8 Å². The van der Waals surface area contributed by atoms with Gasteiger partial charge in [-0.2, -0.15) is 0 Å². The van der Waals surface area contributed by atoms with Gasteiger partial charge in [0, 0.05) is 35.7 Å². The summed E-state index contributed by atoms with van der Waals surface area (Å²) in [5.74, 6) is 1.82. The summed E-state index contributed by atoms with van der Waals surface area (Å²) in [6.07, 6.45) is 3.94. The molecule has 0 radical (unpaired) electrons. The SMILES string of the molecule is CCC1CNC(C2CC2)CN1c1cc(OC)ccc1Br. The summed E-state index contributed by atoms with van der Waals surface area (Å²) in [6.45, 7) is 4.46. The highest BCUT2D eigenvalue weighted by Gasteiger charge is 2.37. The van der Waals surface area contributed by atoms with Crippen LogP contribution in [0.15, 0.2) is 22.7 Å². The summed E-state index contributed by atoms with van der Waals surface area (Å²) < 4.78 is 6.55. The zero-order valence-electron chi connectivity index (χ0n) is 12.2. The molecule has 0 aromatic heterocycles. The molecule has 3 rings (SSSR count). The maximum absolute atomic E-state index is 5.39. The van der Waals surface area contributed by atoms with Crippen molar-refractivity contribution in [1.29, 1.82) is 0 Å². The lowest BCUT2D eigenvalue weighted by Gasteiger charge is -2.42. The van der Waals surface area contributed by atoms with Gasteiger partial charge in [0.25, 0.3) is 0 Å². The number of rotatable bonds is 4. The van der Waals surface area contributed by atoms with Gasteiger partial charge in [-0.05, 0) is 53.2 Å². The number of benzene rings is 1. The molecule has 1 aliphatic carbocycles. The van der Waals surface area contributed by atoms with Crippen LogP contribution in [0.3, 0.4) is 0 Å². The van der Waals surface area contributed by atoms with Crippen LogP contribution in [0.2, 0.25) is 0 Å². The third-order valence-corrected chi connectivity index (χ3v) is 5.25. The van der Waals surface area contributed by atoms with E-state index in [-0.39, 0.29) is 0 Å². The average molecular weight is 339 g/mol. The highest BCUT2D eigenvalue weighted by molar-refractivity contribution is 9.10.